The molecule has 31 heavy (non-hydrogen) atoms. The minimum Gasteiger partial charge on any atom is -0.493 e. The smallest absolute Gasteiger partial charge is 0.258 e. The van der Waals surface area contributed by atoms with E-state index < -0.39 is 0 Å². The summed E-state index contributed by atoms with van der Waals surface area (Å²) < 4.78 is 11.6. The van der Waals surface area contributed by atoms with Gasteiger partial charge in [0.15, 0.2) is 11.5 Å². The van der Waals surface area contributed by atoms with E-state index in [1.54, 1.807) is 18.1 Å². The highest BCUT2D eigenvalue weighted by Crippen LogP contribution is 2.43. The van der Waals surface area contributed by atoms with Crippen molar-refractivity contribution in [2.24, 2.45) is 0 Å². The number of anilines is 1. The predicted octanol–water partition coefficient (Wildman–Crippen LogP) is 3.76. The number of methoxy groups -OCH3 is 1. The first-order chi connectivity index (χ1) is 15.2. The first kappa shape index (κ1) is 19.5. The van der Waals surface area contributed by atoms with Crippen LogP contribution in [0.1, 0.15) is 33.2 Å². The molecule has 0 spiro atoms. The molecule has 2 atom stereocenters. The monoisotopic (exact) mass is 416 g/mol. The van der Waals surface area contributed by atoms with Gasteiger partial charge in [-0.2, -0.15) is 0 Å². The van der Waals surface area contributed by atoms with Gasteiger partial charge in [-0.15, -0.1) is 0 Å². The Morgan fingerprint density at radius 1 is 1.06 bits per heavy atom. The van der Waals surface area contributed by atoms with Crippen LogP contribution in [0, 0.1) is 0 Å². The molecule has 0 aliphatic carbocycles. The molecule has 0 fully saturated rings. The Kier molecular flexibility index (Phi) is 5.00. The fourth-order valence-electron chi connectivity index (χ4n) is 4.43. The Labute approximate surface area is 181 Å². The van der Waals surface area contributed by atoms with Crippen molar-refractivity contribution in [1.29, 1.82) is 0 Å². The SMILES string of the molecule is COc1cc2c(cc1OCc1ccccc1)NC1c3ccccc3C[C@@H](CO)N1C2=O. The summed E-state index contributed by atoms with van der Waals surface area (Å²) in [6.07, 6.45) is 0.291. The van der Waals surface area contributed by atoms with E-state index in [4.69, 9.17) is 9.47 Å². The quantitative estimate of drug-likeness (QED) is 0.663. The molecule has 3 aromatic carbocycles. The first-order valence-electron chi connectivity index (χ1n) is 10.4. The molecule has 158 valence electrons. The van der Waals surface area contributed by atoms with Gasteiger partial charge in [-0.1, -0.05) is 54.6 Å². The number of hydrogen-bond donors (Lipinski definition) is 2. The molecule has 2 aliphatic heterocycles. The summed E-state index contributed by atoms with van der Waals surface area (Å²) in [6, 6.07) is 21.2. The maximum atomic E-state index is 13.5. The summed E-state index contributed by atoms with van der Waals surface area (Å²) in [4.78, 5) is 15.2. The normalized spacial score (nSPS) is 19.0. The fraction of sp³-hybridized carbons (Fsp3) is 0.240. The van der Waals surface area contributed by atoms with Gasteiger partial charge in [0.2, 0.25) is 0 Å². The Balaban J connectivity index is 1.52. The number of hydrogen-bond acceptors (Lipinski definition) is 5. The summed E-state index contributed by atoms with van der Waals surface area (Å²) in [5, 5.41) is 13.5. The maximum Gasteiger partial charge on any atom is 0.258 e. The molecule has 2 heterocycles. The van der Waals surface area contributed by atoms with E-state index in [0.29, 0.717) is 35.8 Å². The van der Waals surface area contributed by atoms with Gasteiger partial charge in [0.1, 0.15) is 12.8 Å². The van der Waals surface area contributed by atoms with E-state index in [1.807, 2.05) is 54.6 Å². The molecule has 0 bridgehead atoms. The third kappa shape index (κ3) is 3.39. The second kappa shape index (κ2) is 7.96. The predicted molar refractivity (Wildman–Crippen MR) is 117 cm³/mol. The topological polar surface area (TPSA) is 71.0 Å². The van der Waals surface area contributed by atoms with E-state index in [0.717, 1.165) is 16.7 Å². The molecule has 0 aromatic heterocycles. The highest BCUT2D eigenvalue weighted by Gasteiger charge is 2.42. The van der Waals surface area contributed by atoms with E-state index in [9.17, 15) is 9.90 Å². The summed E-state index contributed by atoms with van der Waals surface area (Å²) in [6.45, 7) is 0.303. The number of aliphatic hydroxyl groups excluding tert-OH is 1. The zero-order valence-corrected chi connectivity index (χ0v) is 17.2. The summed E-state index contributed by atoms with van der Waals surface area (Å²) in [5.41, 5.74) is 4.44. The maximum absolute atomic E-state index is 13.5. The molecule has 2 N–H and O–H groups in total. The summed E-state index contributed by atoms with van der Waals surface area (Å²) in [7, 11) is 1.56. The summed E-state index contributed by atoms with van der Waals surface area (Å²) >= 11 is 0. The average molecular weight is 416 g/mol. The van der Waals surface area contributed by atoms with Gasteiger partial charge in [0.05, 0.1) is 31.0 Å². The number of nitrogens with zero attached hydrogens (tertiary/aromatic N) is 1. The van der Waals surface area contributed by atoms with Crippen molar-refractivity contribution < 1.29 is 19.4 Å². The van der Waals surface area contributed by atoms with Gasteiger partial charge >= 0.3 is 0 Å². The van der Waals surface area contributed by atoms with E-state index in [1.165, 1.54) is 0 Å². The van der Waals surface area contributed by atoms with Gasteiger partial charge in [0, 0.05) is 6.07 Å². The lowest BCUT2D eigenvalue weighted by Crippen LogP contribution is -2.53. The molecular weight excluding hydrogens is 392 g/mol. The van der Waals surface area contributed by atoms with Crippen LogP contribution in [-0.2, 0) is 13.0 Å². The van der Waals surface area contributed by atoms with Gasteiger partial charge in [-0.05, 0) is 29.2 Å². The Bertz CT molecular complexity index is 1120. The number of carbonyl (C=O) groups is 1. The van der Waals surface area contributed by atoms with Crippen molar-refractivity contribution >= 4 is 11.6 Å². The van der Waals surface area contributed by atoms with Crippen LogP contribution in [0.15, 0.2) is 66.7 Å². The molecule has 6 nitrogen and oxygen atoms in total. The molecule has 3 aromatic rings. The van der Waals surface area contributed by atoms with Crippen molar-refractivity contribution in [2.75, 3.05) is 19.0 Å². The molecule has 1 unspecified atom stereocenters. The van der Waals surface area contributed by atoms with E-state index in [-0.39, 0.29) is 24.7 Å². The van der Waals surface area contributed by atoms with Gasteiger partial charge in [0.25, 0.3) is 5.91 Å². The lowest BCUT2D eigenvalue weighted by molar-refractivity contribution is 0.0437. The minimum absolute atomic E-state index is 0.0943. The van der Waals surface area contributed by atoms with Crippen molar-refractivity contribution in [3.05, 3.63) is 89.0 Å². The average Bonchev–Trinajstić information content (AvgIpc) is 2.82. The van der Waals surface area contributed by atoms with Crippen LogP contribution in [0.25, 0.3) is 0 Å². The van der Waals surface area contributed by atoms with Crippen LogP contribution >= 0.6 is 0 Å². The molecule has 5 rings (SSSR count). The highest BCUT2D eigenvalue weighted by molar-refractivity contribution is 6.03. The van der Waals surface area contributed by atoms with Crippen molar-refractivity contribution in [3.8, 4) is 11.5 Å². The zero-order valence-electron chi connectivity index (χ0n) is 17.2. The molecule has 0 saturated heterocycles. The van der Waals surface area contributed by atoms with Gasteiger partial charge in [-0.25, -0.2) is 0 Å². The highest BCUT2D eigenvalue weighted by atomic mass is 16.5. The van der Waals surface area contributed by atoms with Gasteiger partial charge in [-0.3, -0.25) is 4.79 Å². The molecule has 1 amide bonds. The lowest BCUT2D eigenvalue weighted by atomic mass is 9.89. The number of nitrogens with one attached hydrogen (secondary N) is 1. The molecular formula is C25H24N2O4. The lowest BCUT2D eigenvalue weighted by Gasteiger charge is -2.46. The fourth-order valence-corrected chi connectivity index (χ4v) is 4.43. The Hall–Kier alpha value is -3.51. The van der Waals surface area contributed by atoms with Crippen LogP contribution in [0.2, 0.25) is 0 Å². The van der Waals surface area contributed by atoms with E-state index in [2.05, 4.69) is 11.4 Å². The number of amides is 1. The van der Waals surface area contributed by atoms with E-state index >= 15 is 0 Å². The minimum atomic E-state index is -0.336. The van der Waals surface area contributed by atoms with Crippen molar-refractivity contribution in [3.63, 3.8) is 0 Å². The number of carbonyl (C=O) groups excluding carboxylic acids is 1. The molecule has 6 heteroatoms. The second-order valence-electron chi connectivity index (χ2n) is 7.82. The largest absolute Gasteiger partial charge is 0.493 e. The van der Waals surface area contributed by atoms with Crippen LogP contribution < -0.4 is 14.8 Å². The van der Waals surface area contributed by atoms with Crippen LogP contribution in [-0.4, -0.2) is 35.7 Å². The third-order valence-electron chi connectivity index (χ3n) is 5.99. The standard InChI is InChI=1S/C25H24N2O4/c1-30-22-12-20-21(13-23(22)31-15-16-7-3-2-4-8-16)26-24-19-10-6-5-9-17(19)11-18(14-28)27(24)25(20)29/h2-10,12-13,18,24,26,28H,11,14-15H2,1H3/t18-,24?/m0/s1. The first-order valence-corrected chi connectivity index (χ1v) is 10.4. The van der Waals surface area contributed by atoms with Crippen molar-refractivity contribution in [1.82, 2.24) is 4.90 Å². The molecule has 0 radical (unpaired) electrons. The Morgan fingerprint density at radius 2 is 1.84 bits per heavy atom. The number of ether oxygens (including phenoxy) is 2. The van der Waals surface area contributed by atoms with Gasteiger partial charge < -0.3 is 24.8 Å². The second-order valence-corrected chi connectivity index (χ2v) is 7.82. The molecule has 0 saturated carbocycles. The third-order valence-corrected chi connectivity index (χ3v) is 5.99. The van der Waals surface area contributed by atoms with Crippen LogP contribution in [0.4, 0.5) is 5.69 Å². The number of rotatable bonds is 5. The summed E-state index contributed by atoms with van der Waals surface area (Å²) in [5.74, 6) is 0.947. The number of benzene rings is 3. The van der Waals surface area contributed by atoms with Crippen LogP contribution in [0.5, 0.6) is 11.5 Å². The number of fused-ring (bicyclic) bond motifs is 4. The van der Waals surface area contributed by atoms with Crippen LogP contribution in [0.3, 0.4) is 0 Å². The zero-order chi connectivity index (χ0) is 21.4. The Morgan fingerprint density at radius 3 is 2.61 bits per heavy atom. The van der Waals surface area contributed by atoms with Crippen molar-refractivity contribution in [2.45, 2.75) is 25.2 Å². The number of aliphatic hydroxyl groups is 1. The molecule has 2 aliphatic rings.